The van der Waals surface area contributed by atoms with Gasteiger partial charge in [-0.2, -0.15) is 0 Å². The van der Waals surface area contributed by atoms with Gasteiger partial charge in [-0.3, -0.25) is 4.99 Å². The predicted octanol–water partition coefficient (Wildman–Crippen LogP) is 1.96. The molecule has 0 aliphatic carbocycles. The van der Waals surface area contributed by atoms with E-state index in [9.17, 15) is 5.11 Å². The van der Waals surface area contributed by atoms with Crippen molar-refractivity contribution in [2.24, 2.45) is 10.9 Å². The van der Waals surface area contributed by atoms with Crippen LogP contribution >= 0.6 is 0 Å². The molecule has 1 saturated heterocycles. The van der Waals surface area contributed by atoms with Crippen molar-refractivity contribution >= 4 is 5.96 Å². The Bertz CT molecular complexity index is 513. The highest BCUT2D eigenvalue weighted by Crippen LogP contribution is 2.16. The van der Waals surface area contributed by atoms with Gasteiger partial charge >= 0.3 is 0 Å². The van der Waals surface area contributed by atoms with E-state index in [0.29, 0.717) is 12.5 Å². The Hall–Kier alpha value is -1.59. The minimum absolute atomic E-state index is 0.358. The Balaban J connectivity index is 1.96. The number of nitrogens with one attached hydrogen (secondary N) is 1. The van der Waals surface area contributed by atoms with Gasteiger partial charge in [-0.15, -0.1) is 0 Å². The molecular weight excluding hydrogens is 290 g/mol. The first-order chi connectivity index (χ1) is 11.1. The van der Waals surface area contributed by atoms with Crippen molar-refractivity contribution in [3.05, 3.63) is 35.4 Å². The van der Waals surface area contributed by atoms with E-state index in [4.69, 9.17) is 4.74 Å². The Kier molecular flexibility index (Phi) is 6.86. The maximum Gasteiger partial charge on any atom is 0.193 e. The van der Waals surface area contributed by atoms with Crippen LogP contribution in [0.25, 0.3) is 0 Å². The molecule has 1 aromatic rings. The minimum Gasteiger partial charge on any atom is -0.386 e. The van der Waals surface area contributed by atoms with Crippen LogP contribution < -0.4 is 5.32 Å². The van der Waals surface area contributed by atoms with E-state index in [0.717, 1.165) is 49.8 Å². The van der Waals surface area contributed by atoms with Gasteiger partial charge in [0, 0.05) is 32.7 Å². The van der Waals surface area contributed by atoms with Gasteiger partial charge in [0.1, 0.15) is 0 Å². The molecule has 1 aliphatic heterocycles. The van der Waals surface area contributed by atoms with Crippen molar-refractivity contribution in [3.8, 4) is 0 Å². The molecule has 1 fully saturated rings. The molecular formula is C18H29N3O2. The van der Waals surface area contributed by atoms with Crippen LogP contribution in [-0.2, 0) is 4.74 Å². The van der Waals surface area contributed by atoms with Gasteiger partial charge in [0.05, 0.1) is 19.3 Å². The minimum atomic E-state index is -0.577. The lowest BCUT2D eigenvalue weighted by molar-refractivity contribution is 0.180. The third-order valence-corrected chi connectivity index (χ3v) is 4.09. The number of aryl methyl sites for hydroxylation is 1. The van der Waals surface area contributed by atoms with E-state index >= 15 is 0 Å². The molecule has 0 aromatic heterocycles. The number of hydrogen-bond acceptors (Lipinski definition) is 3. The van der Waals surface area contributed by atoms with Gasteiger partial charge in [0.25, 0.3) is 0 Å². The molecule has 2 N–H and O–H groups in total. The van der Waals surface area contributed by atoms with Crippen LogP contribution in [0.2, 0.25) is 0 Å². The van der Waals surface area contributed by atoms with Gasteiger partial charge in [-0.25, -0.2) is 0 Å². The van der Waals surface area contributed by atoms with Crippen LogP contribution in [-0.4, -0.2) is 55.9 Å². The maximum atomic E-state index is 10.4. The van der Waals surface area contributed by atoms with Crippen molar-refractivity contribution < 1.29 is 9.84 Å². The van der Waals surface area contributed by atoms with Crippen LogP contribution in [0.15, 0.2) is 29.3 Å². The molecule has 2 atom stereocenters. The first-order valence-electron chi connectivity index (χ1n) is 8.42. The van der Waals surface area contributed by atoms with Crippen LogP contribution in [0.1, 0.15) is 30.6 Å². The van der Waals surface area contributed by atoms with E-state index in [-0.39, 0.29) is 0 Å². The summed E-state index contributed by atoms with van der Waals surface area (Å²) in [4.78, 5) is 6.73. The number of benzene rings is 1. The normalized spacial score (nSPS) is 19.7. The SMILES string of the molecule is CCNC(=NCC(O)c1cccc(C)c1)N(C)CC1CCOC1. The summed E-state index contributed by atoms with van der Waals surface area (Å²) in [6.07, 6.45) is 0.530. The Morgan fingerprint density at radius 2 is 2.35 bits per heavy atom. The van der Waals surface area contributed by atoms with Crippen molar-refractivity contribution in [1.82, 2.24) is 10.2 Å². The Labute approximate surface area is 139 Å². The number of guanidine groups is 1. The summed E-state index contributed by atoms with van der Waals surface area (Å²) in [5, 5.41) is 13.7. The molecule has 23 heavy (non-hydrogen) atoms. The number of nitrogens with zero attached hydrogens (tertiary/aromatic N) is 2. The molecule has 0 saturated carbocycles. The number of aliphatic imine (C=N–C) groups is 1. The van der Waals surface area contributed by atoms with E-state index in [1.54, 1.807) is 0 Å². The quantitative estimate of drug-likeness (QED) is 0.622. The molecule has 0 bridgehead atoms. The summed E-state index contributed by atoms with van der Waals surface area (Å²) in [6, 6.07) is 7.95. The third kappa shape index (κ3) is 5.52. The largest absolute Gasteiger partial charge is 0.386 e. The second-order valence-electron chi connectivity index (χ2n) is 6.23. The van der Waals surface area contributed by atoms with Gasteiger partial charge in [-0.05, 0) is 25.8 Å². The summed E-state index contributed by atoms with van der Waals surface area (Å²) in [6.45, 7) is 7.86. The predicted molar refractivity (Wildman–Crippen MR) is 93.7 cm³/mol. The first-order valence-corrected chi connectivity index (χ1v) is 8.42. The van der Waals surface area contributed by atoms with E-state index in [2.05, 4.69) is 22.1 Å². The molecule has 0 radical (unpaired) electrons. The molecule has 2 unspecified atom stereocenters. The molecule has 2 rings (SSSR count). The second kappa shape index (κ2) is 8.89. The fourth-order valence-corrected chi connectivity index (χ4v) is 2.83. The molecule has 5 nitrogen and oxygen atoms in total. The summed E-state index contributed by atoms with van der Waals surface area (Å²) < 4.78 is 5.44. The Morgan fingerprint density at radius 1 is 1.52 bits per heavy atom. The summed E-state index contributed by atoms with van der Waals surface area (Å²) in [5.74, 6) is 1.40. The van der Waals surface area contributed by atoms with Gasteiger partial charge in [0.2, 0.25) is 0 Å². The molecule has 128 valence electrons. The molecule has 1 heterocycles. The van der Waals surface area contributed by atoms with E-state index < -0.39 is 6.10 Å². The fraction of sp³-hybridized carbons (Fsp3) is 0.611. The zero-order valence-electron chi connectivity index (χ0n) is 14.5. The lowest BCUT2D eigenvalue weighted by Crippen LogP contribution is -2.41. The summed E-state index contributed by atoms with van der Waals surface area (Å²) in [7, 11) is 2.04. The number of rotatable bonds is 6. The third-order valence-electron chi connectivity index (χ3n) is 4.09. The lowest BCUT2D eigenvalue weighted by Gasteiger charge is -2.25. The van der Waals surface area contributed by atoms with Crippen LogP contribution in [0, 0.1) is 12.8 Å². The van der Waals surface area contributed by atoms with Crippen molar-refractivity contribution in [2.45, 2.75) is 26.4 Å². The van der Waals surface area contributed by atoms with Crippen LogP contribution in [0.4, 0.5) is 0 Å². The highest BCUT2D eigenvalue weighted by molar-refractivity contribution is 5.79. The van der Waals surface area contributed by atoms with Gasteiger partial charge in [-0.1, -0.05) is 29.8 Å². The first kappa shape index (κ1) is 17.8. The van der Waals surface area contributed by atoms with E-state index in [1.165, 1.54) is 0 Å². The van der Waals surface area contributed by atoms with Crippen molar-refractivity contribution in [1.29, 1.82) is 0 Å². The number of ether oxygens (including phenoxy) is 1. The second-order valence-corrected chi connectivity index (χ2v) is 6.23. The highest BCUT2D eigenvalue weighted by Gasteiger charge is 2.19. The Morgan fingerprint density at radius 3 is 3.00 bits per heavy atom. The monoisotopic (exact) mass is 319 g/mol. The number of aliphatic hydroxyl groups excluding tert-OH is 1. The zero-order chi connectivity index (χ0) is 16.7. The molecule has 5 heteroatoms. The zero-order valence-corrected chi connectivity index (χ0v) is 14.5. The summed E-state index contributed by atoms with van der Waals surface area (Å²) >= 11 is 0. The number of hydrogen-bond donors (Lipinski definition) is 2. The van der Waals surface area contributed by atoms with Crippen LogP contribution in [0.5, 0.6) is 0 Å². The molecule has 0 amide bonds. The average molecular weight is 319 g/mol. The fourth-order valence-electron chi connectivity index (χ4n) is 2.83. The molecule has 1 aromatic carbocycles. The van der Waals surface area contributed by atoms with Crippen molar-refractivity contribution in [3.63, 3.8) is 0 Å². The standard InChI is InChI=1S/C18H29N3O2/c1-4-19-18(21(3)12-15-8-9-23-13-15)20-11-17(22)16-7-5-6-14(2)10-16/h5-7,10,15,17,22H,4,8-9,11-13H2,1-3H3,(H,19,20). The average Bonchev–Trinajstić information content (AvgIpc) is 3.04. The topological polar surface area (TPSA) is 57.1 Å². The maximum absolute atomic E-state index is 10.4. The highest BCUT2D eigenvalue weighted by atomic mass is 16.5. The van der Waals surface area contributed by atoms with E-state index in [1.807, 2.05) is 38.2 Å². The number of aliphatic hydroxyl groups is 1. The smallest absolute Gasteiger partial charge is 0.193 e. The van der Waals surface area contributed by atoms with Crippen LogP contribution in [0.3, 0.4) is 0 Å². The van der Waals surface area contributed by atoms with Crippen molar-refractivity contribution in [2.75, 3.05) is 39.9 Å². The molecule has 0 spiro atoms. The lowest BCUT2D eigenvalue weighted by atomic mass is 10.1. The molecule has 1 aliphatic rings. The van der Waals surface area contributed by atoms with Gasteiger partial charge < -0.3 is 20.1 Å². The van der Waals surface area contributed by atoms with Gasteiger partial charge in [0.15, 0.2) is 5.96 Å². The summed E-state index contributed by atoms with van der Waals surface area (Å²) in [5.41, 5.74) is 2.06.